The average molecular weight is 419 g/mol. The maximum absolute atomic E-state index is 13.2. The van der Waals surface area contributed by atoms with Crippen molar-refractivity contribution in [3.63, 3.8) is 0 Å². The van der Waals surface area contributed by atoms with Crippen molar-refractivity contribution in [2.24, 2.45) is 0 Å². The minimum atomic E-state index is -3.61. The smallest absolute Gasteiger partial charge is 0.254 e. The van der Waals surface area contributed by atoms with Crippen LogP contribution >= 0.6 is 11.3 Å². The lowest BCUT2D eigenvalue weighted by atomic mass is 9.97. The van der Waals surface area contributed by atoms with Crippen molar-refractivity contribution in [1.82, 2.24) is 9.62 Å². The van der Waals surface area contributed by atoms with Crippen LogP contribution in [0.2, 0.25) is 0 Å². The Hall–Kier alpha value is -1.70. The summed E-state index contributed by atoms with van der Waals surface area (Å²) in [6.45, 7) is 2.76. The molecule has 4 rings (SSSR count). The van der Waals surface area contributed by atoms with Crippen molar-refractivity contribution in [2.75, 3.05) is 6.54 Å². The van der Waals surface area contributed by atoms with Crippen LogP contribution in [0, 0.1) is 0 Å². The highest BCUT2D eigenvalue weighted by molar-refractivity contribution is 7.89. The predicted octanol–water partition coefficient (Wildman–Crippen LogP) is 4.12. The van der Waals surface area contributed by atoms with Crippen LogP contribution in [0.3, 0.4) is 0 Å². The van der Waals surface area contributed by atoms with Crippen molar-refractivity contribution in [1.29, 1.82) is 0 Å². The Morgan fingerprint density at radius 3 is 2.79 bits per heavy atom. The van der Waals surface area contributed by atoms with E-state index >= 15 is 0 Å². The van der Waals surface area contributed by atoms with Gasteiger partial charge in [-0.2, -0.15) is 0 Å². The second kappa shape index (κ2) is 7.97. The largest absolute Gasteiger partial charge is 0.331 e. The van der Waals surface area contributed by atoms with Gasteiger partial charge in [0.25, 0.3) is 5.91 Å². The Balaban J connectivity index is 1.58. The van der Waals surface area contributed by atoms with Crippen molar-refractivity contribution < 1.29 is 13.2 Å². The third-order valence-corrected chi connectivity index (χ3v) is 8.33. The number of sulfonamides is 1. The highest BCUT2D eigenvalue weighted by Crippen LogP contribution is 2.36. The normalized spacial score (nSPS) is 20.3. The summed E-state index contributed by atoms with van der Waals surface area (Å²) in [6.07, 6.45) is 5.58. The molecule has 1 aromatic carbocycles. The van der Waals surface area contributed by atoms with Gasteiger partial charge in [-0.05, 0) is 60.9 Å². The molecule has 1 saturated carbocycles. The van der Waals surface area contributed by atoms with E-state index in [0.717, 1.165) is 38.5 Å². The molecule has 1 fully saturated rings. The number of carbonyl (C=O) groups is 1. The van der Waals surface area contributed by atoms with Crippen LogP contribution < -0.4 is 4.72 Å². The summed E-state index contributed by atoms with van der Waals surface area (Å²) in [4.78, 5) is 16.7. The number of carbonyl (C=O) groups excluding carboxylic acids is 1. The average Bonchev–Trinajstić information content (AvgIpc) is 3.38. The molecule has 0 bridgehead atoms. The zero-order valence-corrected chi connectivity index (χ0v) is 17.7. The van der Waals surface area contributed by atoms with Gasteiger partial charge in [-0.3, -0.25) is 4.79 Å². The number of hydrogen-bond acceptors (Lipinski definition) is 4. The first-order chi connectivity index (χ1) is 13.5. The summed E-state index contributed by atoms with van der Waals surface area (Å²) in [5, 5.41) is 2.09. The zero-order valence-electron chi connectivity index (χ0n) is 16.1. The monoisotopic (exact) mass is 418 g/mol. The van der Waals surface area contributed by atoms with E-state index in [2.05, 4.69) is 23.1 Å². The van der Waals surface area contributed by atoms with E-state index in [9.17, 15) is 13.2 Å². The molecule has 5 nitrogen and oxygen atoms in total. The van der Waals surface area contributed by atoms with Crippen LogP contribution in [0.15, 0.2) is 40.6 Å². The summed E-state index contributed by atoms with van der Waals surface area (Å²) in [6, 6.07) is 8.64. The molecule has 28 heavy (non-hydrogen) atoms. The zero-order chi connectivity index (χ0) is 19.7. The minimum Gasteiger partial charge on any atom is -0.331 e. The maximum Gasteiger partial charge on any atom is 0.254 e. The molecule has 1 aliphatic carbocycles. The Labute approximate surface area is 170 Å². The summed E-state index contributed by atoms with van der Waals surface area (Å²) < 4.78 is 28.3. The molecule has 2 heterocycles. The topological polar surface area (TPSA) is 66.5 Å². The number of hydrogen-bond donors (Lipinski definition) is 1. The number of nitrogens with zero attached hydrogens (tertiary/aromatic N) is 1. The van der Waals surface area contributed by atoms with Gasteiger partial charge < -0.3 is 4.90 Å². The summed E-state index contributed by atoms with van der Waals surface area (Å²) in [5.41, 5.74) is 1.67. The molecule has 150 valence electrons. The Morgan fingerprint density at radius 2 is 2.04 bits per heavy atom. The van der Waals surface area contributed by atoms with Crippen molar-refractivity contribution in [3.05, 3.63) is 51.7 Å². The quantitative estimate of drug-likeness (QED) is 0.794. The molecule has 2 aromatic rings. The third kappa shape index (κ3) is 3.75. The Kier molecular flexibility index (Phi) is 5.58. The number of rotatable bonds is 5. The fraction of sp³-hybridized carbons (Fsp3) is 0.476. The summed E-state index contributed by atoms with van der Waals surface area (Å²) in [5.74, 6) is -0.0957. The van der Waals surface area contributed by atoms with Crippen LogP contribution in [0.1, 0.15) is 65.9 Å². The van der Waals surface area contributed by atoms with Gasteiger partial charge >= 0.3 is 0 Å². The number of amides is 1. The molecule has 2 aliphatic rings. The molecule has 0 saturated heterocycles. The van der Waals surface area contributed by atoms with E-state index in [1.807, 2.05) is 4.90 Å². The maximum atomic E-state index is 13.2. The fourth-order valence-corrected chi connectivity index (χ4v) is 6.65. The van der Waals surface area contributed by atoms with Crippen molar-refractivity contribution in [3.8, 4) is 0 Å². The van der Waals surface area contributed by atoms with Crippen LogP contribution in [-0.4, -0.2) is 31.8 Å². The molecule has 1 atom stereocenters. The standard InChI is InChI=1S/C21H26N2O3S2/c1-2-19-18-11-13-27-20(18)10-12-23(19)21(24)15-6-5-9-17(14-15)28(25,26)22-16-7-3-4-8-16/h5-6,9,11,13-14,16,19,22H,2-4,7-8,10,12H2,1H3. The molecule has 7 heteroatoms. The Bertz CT molecular complexity index is 962. The van der Waals surface area contributed by atoms with Crippen LogP contribution in [0.25, 0.3) is 0 Å². The third-order valence-electron chi connectivity index (χ3n) is 5.81. The number of thiophene rings is 1. The molecule has 0 radical (unpaired) electrons. The lowest BCUT2D eigenvalue weighted by molar-refractivity contribution is 0.0657. The van der Waals surface area contributed by atoms with E-state index in [0.29, 0.717) is 12.1 Å². The van der Waals surface area contributed by atoms with Gasteiger partial charge in [-0.25, -0.2) is 13.1 Å². The van der Waals surface area contributed by atoms with Gasteiger partial charge in [0.15, 0.2) is 0 Å². The lowest BCUT2D eigenvalue weighted by Gasteiger charge is -2.35. The minimum absolute atomic E-state index is 0.00735. The first kappa shape index (κ1) is 19.6. The molecule has 1 N–H and O–H groups in total. The van der Waals surface area contributed by atoms with Crippen LogP contribution in [0.5, 0.6) is 0 Å². The fourth-order valence-electron chi connectivity index (χ4n) is 4.37. The molecule has 1 amide bonds. The summed E-state index contributed by atoms with van der Waals surface area (Å²) >= 11 is 1.75. The predicted molar refractivity (Wildman–Crippen MR) is 111 cm³/mol. The van der Waals surface area contributed by atoms with E-state index in [1.54, 1.807) is 29.5 Å². The van der Waals surface area contributed by atoms with Crippen LogP contribution in [-0.2, 0) is 16.4 Å². The first-order valence-corrected chi connectivity index (χ1v) is 12.4. The molecular weight excluding hydrogens is 392 g/mol. The first-order valence-electron chi connectivity index (χ1n) is 9.99. The van der Waals surface area contributed by atoms with Gasteiger partial charge in [0.05, 0.1) is 10.9 Å². The van der Waals surface area contributed by atoms with Gasteiger partial charge in [-0.15, -0.1) is 11.3 Å². The van der Waals surface area contributed by atoms with E-state index in [1.165, 1.54) is 16.5 Å². The van der Waals surface area contributed by atoms with E-state index < -0.39 is 10.0 Å². The van der Waals surface area contributed by atoms with Gasteiger partial charge in [0.1, 0.15) is 0 Å². The van der Waals surface area contributed by atoms with E-state index in [4.69, 9.17) is 0 Å². The molecule has 1 aliphatic heterocycles. The number of benzene rings is 1. The molecule has 1 aromatic heterocycles. The SMILES string of the molecule is CCC1c2ccsc2CCN1C(=O)c1cccc(S(=O)(=O)NC2CCCC2)c1. The molecular formula is C21H26N2O3S2. The lowest BCUT2D eigenvalue weighted by Crippen LogP contribution is -2.39. The highest BCUT2D eigenvalue weighted by Gasteiger charge is 2.31. The second-order valence-electron chi connectivity index (χ2n) is 7.60. The van der Waals surface area contributed by atoms with Crippen LogP contribution in [0.4, 0.5) is 0 Å². The van der Waals surface area contributed by atoms with Gasteiger partial charge in [-0.1, -0.05) is 25.8 Å². The second-order valence-corrected chi connectivity index (χ2v) is 10.3. The Morgan fingerprint density at radius 1 is 1.25 bits per heavy atom. The van der Waals surface area contributed by atoms with Gasteiger partial charge in [0, 0.05) is 23.0 Å². The van der Waals surface area contributed by atoms with Crippen molar-refractivity contribution >= 4 is 27.3 Å². The number of nitrogens with one attached hydrogen (secondary N) is 1. The summed E-state index contributed by atoms with van der Waals surface area (Å²) in [7, 11) is -3.61. The van der Waals surface area contributed by atoms with E-state index in [-0.39, 0.29) is 22.9 Å². The molecule has 1 unspecified atom stereocenters. The van der Waals surface area contributed by atoms with Gasteiger partial charge in [0.2, 0.25) is 10.0 Å². The highest BCUT2D eigenvalue weighted by atomic mass is 32.2. The number of fused-ring (bicyclic) bond motifs is 1. The molecule has 0 spiro atoms. The van der Waals surface area contributed by atoms with Crippen molar-refractivity contribution in [2.45, 2.75) is 62.4 Å².